The number of aliphatic carboxylic acids is 1. The lowest BCUT2D eigenvalue weighted by Crippen LogP contribution is -2.53. The molecular formula is C11H20N2O5. The molecule has 0 saturated heterocycles. The van der Waals surface area contributed by atoms with E-state index in [0.29, 0.717) is 12.8 Å². The fraction of sp³-hybridized carbons (Fsp3) is 0.818. The highest BCUT2D eigenvalue weighted by molar-refractivity contribution is 5.82. The van der Waals surface area contributed by atoms with Gasteiger partial charge in [0.1, 0.15) is 0 Å². The number of carboxylic acids is 1. The Kier molecular flexibility index (Phi) is 5.87. The number of aliphatic hydroxyl groups is 1. The first-order chi connectivity index (χ1) is 8.54. The number of aliphatic hydroxyl groups excluding tert-OH is 1. The lowest BCUT2D eigenvalue weighted by Gasteiger charge is -2.28. The van der Waals surface area contributed by atoms with Gasteiger partial charge >= 0.3 is 12.0 Å². The summed E-state index contributed by atoms with van der Waals surface area (Å²) in [4.78, 5) is 22.4. The minimum atomic E-state index is -1.16. The Morgan fingerprint density at radius 3 is 2.61 bits per heavy atom. The summed E-state index contributed by atoms with van der Waals surface area (Å²) < 4.78 is 4.70. The zero-order chi connectivity index (χ0) is 13.5. The molecule has 7 nitrogen and oxygen atoms in total. The topological polar surface area (TPSA) is 108 Å². The van der Waals surface area contributed by atoms with Crippen LogP contribution in [0.1, 0.15) is 25.7 Å². The van der Waals surface area contributed by atoms with Gasteiger partial charge in [0.15, 0.2) is 6.04 Å². The Hall–Kier alpha value is -1.34. The molecule has 0 aromatic carbocycles. The van der Waals surface area contributed by atoms with Gasteiger partial charge in [0.25, 0.3) is 0 Å². The van der Waals surface area contributed by atoms with Crippen molar-refractivity contribution in [2.75, 3.05) is 13.7 Å². The molecule has 0 radical (unpaired) electrons. The summed E-state index contributed by atoms with van der Waals surface area (Å²) in [5.74, 6) is -1.16. The van der Waals surface area contributed by atoms with Gasteiger partial charge in [-0.2, -0.15) is 0 Å². The molecule has 1 rings (SSSR count). The van der Waals surface area contributed by atoms with Gasteiger partial charge in [-0.25, -0.2) is 9.59 Å². The van der Waals surface area contributed by atoms with E-state index in [4.69, 9.17) is 9.84 Å². The van der Waals surface area contributed by atoms with Gasteiger partial charge in [-0.1, -0.05) is 12.8 Å². The highest BCUT2D eigenvalue weighted by Crippen LogP contribution is 2.18. The first kappa shape index (κ1) is 14.7. The Bertz CT molecular complexity index is 297. The molecule has 1 saturated carbocycles. The molecular weight excluding hydrogens is 240 g/mol. The van der Waals surface area contributed by atoms with Crippen LogP contribution < -0.4 is 10.6 Å². The van der Waals surface area contributed by atoms with Crippen LogP contribution >= 0.6 is 0 Å². The minimum Gasteiger partial charge on any atom is -0.480 e. The van der Waals surface area contributed by atoms with Crippen molar-refractivity contribution in [2.24, 2.45) is 0 Å². The Balaban J connectivity index is 2.41. The molecule has 0 aromatic rings. The maximum Gasteiger partial charge on any atom is 0.328 e. The second kappa shape index (κ2) is 7.17. The standard InChI is InChI=1S/C11H20N2O5/c1-18-6-8(10(15)16)13-11(17)12-7-4-2-3-5-9(7)14/h7-9,14H,2-6H2,1H3,(H,15,16)(H2,12,13,17). The summed E-state index contributed by atoms with van der Waals surface area (Å²) in [5, 5.41) is 23.4. The van der Waals surface area contributed by atoms with E-state index in [-0.39, 0.29) is 12.6 Å². The van der Waals surface area contributed by atoms with Crippen LogP contribution in [0.4, 0.5) is 4.79 Å². The number of carbonyl (C=O) groups excluding carboxylic acids is 1. The number of amides is 2. The average Bonchev–Trinajstić information content (AvgIpc) is 2.31. The highest BCUT2D eigenvalue weighted by Gasteiger charge is 2.26. The van der Waals surface area contributed by atoms with Gasteiger partial charge in [0.2, 0.25) is 0 Å². The van der Waals surface area contributed by atoms with Crippen molar-refractivity contribution in [3.05, 3.63) is 0 Å². The maximum absolute atomic E-state index is 11.6. The summed E-state index contributed by atoms with van der Waals surface area (Å²) in [6, 6.07) is -1.99. The molecule has 0 heterocycles. The van der Waals surface area contributed by atoms with Crippen molar-refractivity contribution in [3.8, 4) is 0 Å². The van der Waals surface area contributed by atoms with E-state index in [2.05, 4.69) is 10.6 Å². The number of ether oxygens (including phenoxy) is 1. The fourth-order valence-electron chi connectivity index (χ4n) is 1.99. The molecule has 0 spiro atoms. The normalized spacial score (nSPS) is 25.2. The van der Waals surface area contributed by atoms with Gasteiger partial charge in [-0.05, 0) is 12.8 Å². The van der Waals surface area contributed by atoms with Crippen molar-refractivity contribution in [1.82, 2.24) is 10.6 Å². The van der Waals surface area contributed by atoms with Crippen LogP contribution in [0, 0.1) is 0 Å². The third-order valence-corrected chi connectivity index (χ3v) is 2.98. The zero-order valence-corrected chi connectivity index (χ0v) is 10.4. The van der Waals surface area contributed by atoms with Crippen molar-refractivity contribution >= 4 is 12.0 Å². The molecule has 3 atom stereocenters. The van der Waals surface area contributed by atoms with Gasteiger partial charge < -0.3 is 25.6 Å². The van der Waals surface area contributed by atoms with E-state index in [1.807, 2.05) is 0 Å². The second-order valence-corrected chi connectivity index (χ2v) is 4.42. The number of carbonyl (C=O) groups is 2. The maximum atomic E-state index is 11.6. The van der Waals surface area contributed by atoms with Crippen LogP contribution in [0.3, 0.4) is 0 Å². The minimum absolute atomic E-state index is 0.101. The summed E-state index contributed by atoms with van der Waals surface area (Å²) in [7, 11) is 1.36. The average molecular weight is 260 g/mol. The number of nitrogens with one attached hydrogen (secondary N) is 2. The summed E-state index contributed by atoms with van der Waals surface area (Å²) in [5.41, 5.74) is 0. The molecule has 1 aliphatic carbocycles. The molecule has 3 unspecified atom stereocenters. The predicted octanol–water partition coefficient (Wildman–Crippen LogP) is -0.311. The number of urea groups is 1. The molecule has 104 valence electrons. The van der Waals surface area contributed by atoms with E-state index in [1.54, 1.807) is 0 Å². The van der Waals surface area contributed by atoms with Gasteiger partial charge in [0.05, 0.1) is 18.8 Å². The fourth-order valence-corrected chi connectivity index (χ4v) is 1.99. The number of hydrogen-bond donors (Lipinski definition) is 4. The first-order valence-corrected chi connectivity index (χ1v) is 6.01. The SMILES string of the molecule is COCC(NC(=O)NC1CCCCC1O)C(=O)O. The Morgan fingerprint density at radius 1 is 1.39 bits per heavy atom. The monoisotopic (exact) mass is 260 g/mol. The van der Waals surface area contributed by atoms with Gasteiger partial charge in [-0.15, -0.1) is 0 Å². The van der Waals surface area contributed by atoms with Gasteiger partial charge in [0, 0.05) is 7.11 Å². The quantitative estimate of drug-likeness (QED) is 0.542. The molecule has 0 aromatic heterocycles. The number of carboxylic acid groups (broad SMARTS) is 1. The van der Waals surface area contributed by atoms with E-state index < -0.39 is 24.1 Å². The van der Waals surface area contributed by atoms with Crippen LogP contribution in [0.2, 0.25) is 0 Å². The Morgan fingerprint density at radius 2 is 2.06 bits per heavy atom. The highest BCUT2D eigenvalue weighted by atomic mass is 16.5. The van der Waals surface area contributed by atoms with Crippen molar-refractivity contribution in [1.29, 1.82) is 0 Å². The third kappa shape index (κ3) is 4.50. The lowest BCUT2D eigenvalue weighted by molar-refractivity contribution is -0.140. The predicted molar refractivity (Wildman–Crippen MR) is 63.2 cm³/mol. The van der Waals surface area contributed by atoms with Crippen molar-refractivity contribution in [2.45, 2.75) is 43.9 Å². The van der Waals surface area contributed by atoms with E-state index in [0.717, 1.165) is 12.8 Å². The molecule has 1 aliphatic rings. The van der Waals surface area contributed by atoms with Crippen molar-refractivity contribution < 1.29 is 24.5 Å². The number of rotatable bonds is 5. The van der Waals surface area contributed by atoms with Crippen LogP contribution in [0.25, 0.3) is 0 Å². The zero-order valence-electron chi connectivity index (χ0n) is 10.4. The van der Waals surface area contributed by atoms with Crippen LogP contribution in [0.15, 0.2) is 0 Å². The van der Waals surface area contributed by atoms with Crippen LogP contribution in [-0.2, 0) is 9.53 Å². The molecule has 18 heavy (non-hydrogen) atoms. The van der Waals surface area contributed by atoms with Crippen LogP contribution in [-0.4, -0.2) is 54.1 Å². The molecule has 2 amide bonds. The molecule has 1 fully saturated rings. The van der Waals surface area contributed by atoms with Crippen LogP contribution in [0.5, 0.6) is 0 Å². The summed E-state index contributed by atoms with van der Waals surface area (Å²) in [6.45, 7) is -0.101. The second-order valence-electron chi connectivity index (χ2n) is 4.42. The lowest BCUT2D eigenvalue weighted by atomic mass is 9.93. The first-order valence-electron chi connectivity index (χ1n) is 6.01. The largest absolute Gasteiger partial charge is 0.480 e. The molecule has 0 bridgehead atoms. The third-order valence-electron chi connectivity index (χ3n) is 2.98. The molecule has 0 aliphatic heterocycles. The molecule has 4 N–H and O–H groups in total. The van der Waals surface area contributed by atoms with Crippen molar-refractivity contribution in [3.63, 3.8) is 0 Å². The van der Waals surface area contributed by atoms with E-state index in [1.165, 1.54) is 7.11 Å². The Labute approximate surface area is 106 Å². The smallest absolute Gasteiger partial charge is 0.328 e. The summed E-state index contributed by atoms with van der Waals surface area (Å²) >= 11 is 0. The number of hydrogen-bond acceptors (Lipinski definition) is 4. The number of methoxy groups -OCH3 is 1. The van der Waals surface area contributed by atoms with Gasteiger partial charge in [-0.3, -0.25) is 0 Å². The van der Waals surface area contributed by atoms with E-state index in [9.17, 15) is 14.7 Å². The summed E-state index contributed by atoms with van der Waals surface area (Å²) in [6.07, 6.45) is 2.70. The molecule has 7 heteroatoms. The van der Waals surface area contributed by atoms with E-state index >= 15 is 0 Å².